The molecule has 0 aromatic rings. The van der Waals surface area contributed by atoms with Crippen LogP contribution in [-0.2, 0) is 0 Å². The molecule has 0 bridgehead atoms. The second-order valence-electron chi connectivity index (χ2n) is 2.33. The molecule has 0 radical (unpaired) electrons. The third-order valence-corrected chi connectivity index (χ3v) is 1.64. The van der Waals surface area contributed by atoms with Crippen LogP contribution in [-0.4, -0.2) is 0 Å². The fourth-order valence-electron chi connectivity index (χ4n) is 0.939. The zero-order valence-electron chi connectivity index (χ0n) is 5.80. The zero-order valence-corrected chi connectivity index (χ0v) is 5.80. The molecule has 1 rings (SSSR count). The van der Waals surface area contributed by atoms with Crippen molar-refractivity contribution in [2.45, 2.75) is 19.8 Å². The summed E-state index contributed by atoms with van der Waals surface area (Å²) in [4.78, 5) is 0. The summed E-state index contributed by atoms with van der Waals surface area (Å²) in [7, 11) is 0. The van der Waals surface area contributed by atoms with Crippen LogP contribution in [0.2, 0.25) is 0 Å². The van der Waals surface area contributed by atoms with Crippen molar-refractivity contribution in [3.05, 3.63) is 24.6 Å². The van der Waals surface area contributed by atoms with Gasteiger partial charge in [-0.2, -0.15) is 0 Å². The molecule has 9 heavy (non-hydrogen) atoms. The second-order valence-corrected chi connectivity index (χ2v) is 2.33. The average Bonchev–Trinajstić information content (AvgIpc) is 2.13. The van der Waals surface area contributed by atoms with E-state index < -0.39 is 0 Å². The van der Waals surface area contributed by atoms with Crippen LogP contribution in [0.25, 0.3) is 0 Å². The Balaban J connectivity index is 0.000000810. The minimum atomic E-state index is 0. The van der Waals surface area contributed by atoms with Gasteiger partial charge < -0.3 is 5.32 Å². The first kappa shape index (κ1) is 6.40. The van der Waals surface area contributed by atoms with Crippen LogP contribution in [0.15, 0.2) is 24.6 Å². The third-order valence-electron chi connectivity index (χ3n) is 1.64. The van der Waals surface area contributed by atoms with Gasteiger partial charge in [-0.25, -0.2) is 0 Å². The van der Waals surface area contributed by atoms with Gasteiger partial charge in [0.2, 0.25) is 0 Å². The van der Waals surface area contributed by atoms with Crippen LogP contribution in [0.3, 0.4) is 0 Å². The van der Waals surface area contributed by atoms with Crippen molar-refractivity contribution in [1.82, 2.24) is 5.32 Å². The first-order valence-electron chi connectivity index (χ1n) is 3.51. The number of hydrogen-bond donors (Lipinski definition) is 1. The van der Waals surface area contributed by atoms with Crippen molar-refractivity contribution in [2.75, 3.05) is 0 Å². The summed E-state index contributed by atoms with van der Waals surface area (Å²) in [6, 6.07) is 0. The second kappa shape index (κ2) is 3.33. The average molecular weight is 125 g/mol. The normalized spacial score (nSPS) is 25.2. The van der Waals surface area contributed by atoms with Gasteiger partial charge in [0.05, 0.1) is 0 Å². The highest BCUT2D eigenvalue weighted by molar-refractivity contribution is 4.98. The standard InChI is InChI=1S/C8H13N.H2/c1-2-8-4-3-6-9-7-5-8;/h3,5-9H,2,4H2,1H3;1H. The molecule has 1 aliphatic rings. The lowest BCUT2D eigenvalue weighted by atomic mass is 10.0. The first-order valence-corrected chi connectivity index (χ1v) is 3.51. The van der Waals surface area contributed by atoms with Gasteiger partial charge in [-0.15, -0.1) is 0 Å². The van der Waals surface area contributed by atoms with Crippen molar-refractivity contribution in [3.63, 3.8) is 0 Å². The molecule has 1 unspecified atom stereocenters. The SMILES string of the molecule is CCC1C=CNC=CC1.[HH]. The molecule has 0 aromatic heterocycles. The molecule has 1 heterocycles. The van der Waals surface area contributed by atoms with Gasteiger partial charge in [-0.3, -0.25) is 0 Å². The monoisotopic (exact) mass is 125 g/mol. The summed E-state index contributed by atoms with van der Waals surface area (Å²) < 4.78 is 0. The van der Waals surface area contributed by atoms with E-state index in [0.29, 0.717) is 0 Å². The van der Waals surface area contributed by atoms with Crippen LogP contribution < -0.4 is 5.32 Å². The molecule has 1 nitrogen and oxygen atoms in total. The Morgan fingerprint density at radius 2 is 2.56 bits per heavy atom. The van der Waals surface area contributed by atoms with Crippen molar-refractivity contribution in [2.24, 2.45) is 5.92 Å². The molecule has 1 N–H and O–H groups in total. The number of nitrogens with one attached hydrogen (secondary N) is 1. The van der Waals surface area contributed by atoms with Crippen molar-refractivity contribution in [1.29, 1.82) is 0 Å². The molecule has 1 atom stereocenters. The summed E-state index contributed by atoms with van der Waals surface area (Å²) in [5.41, 5.74) is 0. The molecule has 52 valence electrons. The highest BCUT2D eigenvalue weighted by Crippen LogP contribution is 2.11. The topological polar surface area (TPSA) is 12.0 Å². The van der Waals surface area contributed by atoms with E-state index in [1.165, 1.54) is 12.8 Å². The summed E-state index contributed by atoms with van der Waals surface area (Å²) >= 11 is 0. The molecular formula is C8H15N. The Bertz CT molecular complexity index is 129. The van der Waals surface area contributed by atoms with Crippen LogP contribution >= 0.6 is 0 Å². The molecule has 0 saturated heterocycles. The lowest BCUT2D eigenvalue weighted by Gasteiger charge is -2.01. The Hall–Kier alpha value is -0.720. The molecule has 0 saturated carbocycles. The van der Waals surface area contributed by atoms with E-state index in [2.05, 4.69) is 24.4 Å². The number of allylic oxidation sites excluding steroid dienone is 2. The summed E-state index contributed by atoms with van der Waals surface area (Å²) in [6.45, 7) is 2.22. The Morgan fingerprint density at radius 3 is 3.33 bits per heavy atom. The maximum atomic E-state index is 3.05. The summed E-state index contributed by atoms with van der Waals surface area (Å²) in [5, 5.41) is 3.05. The smallest absolute Gasteiger partial charge is 0 e. The first-order chi connectivity index (χ1) is 4.43. The quantitative estimate of drug-likeness (QED) is 0.567. The van der Waals surface area contributed by atoms with E-state index in [9.17, 15) is 0 Å². The lowest BCUT2D eigenvalue weighted by molar-refractivity contribution is 0.640. The van der Waals surface area contributed by atoms with Crippen LogP contribution in [0.1, 0.15) is 21.2 Å². The predicted molar refractivity (Wildman–Crippen MR) is 41.9 cm³/mol. The van der Waals surface area contributed by atoms with E-state index in [4.69, 9.17) is 0 Å². The highest BCUT2D eigenvalue weighted by atomic mass is 14.8. The van der Waals surface area contributed by atoms with Crippen LogP contribution in [0, 0.1) is 5.92 Å². The van der Waals surface area contributed by atoms with Gasteiger partial charge in [0.1, 0.15) is 0 Å². The Kier molecular flexibility index (Phi) is 2.37. The van der Waals surface area contributed by atoms with Gasteiger partial charge >= 0.3 is 0 Å². The van der Waals surface area contributed by atoms with Crippen LogP contribution in [0.4, 0.5) is 0 Å². The highest BCUT2D eigenvalue weighted by Gasteiger charge is 1.98. The summed E-state index contributed by atoms with van der Waals surface area (Å²) in [5.74, 6) is 0.747. The lowest BCUT2D eigenvalue weighted by Crippen LogP contribution is -1.91. The van der Waals surface area contributed by atoms with E-state index in [0.717, 1.165) is 5.92 Å². The van der Waals surface area contributed by atoms with E-state index >= 15 is 0 Å². The number of rotatable bonds is 1. The maximum Gasteiger partial charge on any atom is 0 e. The summed E-state index contributed by atoms with van der Waals surface area (Å²) in [6.07, 6.45) is 10.8. The third kappa shape index (κ3) is 1.92. The largest absolute Gasteiger partial charge is 0.368 e. The fraction of sp³-hybridized carbons (Fsp3) is 0.500. The zero-order chi connectivity index (χ0) is 6.53. The molecule has 0 amide bonds. The Labute approximate surface area is 57.9 Å². The van der Waals surface area contributed by atoms with Crippen molar-refractivity contribution >= 4 is 0 Å². The fourth-order valence-corrected chi connectivity index (χ4v) is 0.939. The van der Waals surface area contributed by atoms with Crippen molar-refractivity contribution in [3.8, 4) is 0 Å². The van der Waals surface area contributed by atoms with E-state index in [1.54, 1.807) is 0 Å². The van der Waals surface area contributed by atoms with E-state index in [-0.39, 0.29) is 1.43 Å². The van der Waals surface area contributed by atoms with Crippen LogP contribution in [0.5, 0.6) is 0 Å². The molecule has 1 aliphatic heterocycles. The van der Waals surface area contributed by atoms with Gasteiger partial charge in [0.15, 0.2) is 0 Å². The number of hydrogen-bond acceptors (Lipinski definition) is 1. The minimum Gasteiger partial charge on any atom is -0.368 e. The van der Waals surface area contributed by atoms with Gasteiger partial charge in [0.25, 0.3) is 0 Å². The minimum absolute atomic E-state index is 0. The van der Waals surface area contributed by atoms with E-state index in [1.807, 2.05) is 12.4 Å². The predicted octanol–water partition coefficient (Wildman–Crippen LogP) is 2.28. The van der Waals surface area contributed by atoms with Gasteiger partial charge in [-0.1, -0.05) is 19.1 Å². The van der Waals surface area contributed by atoms with Gasteiger partial charge in [0, 0.05) is 1.43 Å². The molecule has 0 fully saturated rings. The van der Waals surface area contributed by atoms with Gasteiger partial charge in [-0.05, 0) is 31.2 Å². The molecule has 0 aromatic carbocycles. The molecule has 1 heteroatoms. The Morgan fingerprint density at radius 1 is 1.67 bits per heavy atom. The molecular weight excluding hydrogens is 110 g/mol. The molecule has 0 spiro atoms. The maximum absolute atomic E-state index is 3.05. The van der Waals surface area contributed by atoms with Crippen molar-refractivity contribution < 1.29 is 1.43 Å². The molecule has 0 aliphatic carbocycles.